The number of hydrogen-bond acceptors (Lipinski definition) is 6. The van der Waals surface area contributed by atoms with Crippen LogP contribution in [0.2, 0.25) is 0 Å². The number of fused-ring (bicyclic) bond motifs is 5. The summed E-state index contributed by atoms with van der Waals surface area (Å²) >= 11 is 0. The van der Waals surface area contributed by atoms with E-state index in [1.807, 2.05) is 116 Å². The standard InChI is InChI=1S/C54H37N7O/c1-3-4-6-15-35(2)50-48(55-46-20-11-13-32-60(46)50)36-22-26-39(27-23-36)52-57-53(59-54(58-52)41-30-31-43-42-18-9-10-19-44(42)62-45(43)34-41)40-28-24-37(25-29-40)49-51(38-16-7-5-8-17-38)61-33-14-12-21-47(61)56-49/h3-34H,2H2,1H3/b4-3-,15-6-. The van der Waals surface area contributed by atoms with E-state index in [9.17, 15) is 0 Å². The molecule has 294 valence electrons. The third-order valence-electron chi connectivity index (χ3n) is 11.1. The SMILES string of the molecule is C=C(/C=C\C=C/C)c1c(-c2ccc(-c3nc(-c4ccc(-c5nc6ccccn6c5-c5ccccc5)cc4)nc(-c4ccc5c(c4)oc4ccccc45)n3)cc2)nc2ccccn12. The quantitative estimate of drug-likeness (QED) is 0.135. The third-order valence-corrected chi connectivity index (χ3v) is 11.1. The predicted octanol–water partition coefficient (Wildman–Crippen LogP) is 13.2. The summed E-state index contributed by atoms with van der Waals surface area (Å²) in [6, 6.07) is 53.2. The van der Waals surface area contributed by atoms with Crippen LogP contribution in [-0.4, -0.2) is 33.7 Å². The number of rotatable bonds is 9. The zero-order chi connectivity index (χ0) is 41.6. The maximum absolute atomic E-state index is 6.29. The van der Waals surface area contributed by atoms with Gasteiger partial charge >= 0.3 is 0 Å². The fourth-order valence-corrected chi connectivity index (χ4v) is 8.12. The first-order chi connectivity index (χ1) is 30.6. The molecule has 0 bridgehead atoms. The molecule has 6 aromatic heterocycles. The number of aromatic nitrogens is 7. The van der Waals surface area contributed by atoms with Gasteiger partial charge in [-0.2, -0.15) is 0 Å². The highest BCUT2D eigenvalue weighted by molar-refractivity contribution is 6.05. The Labute approximate surface area is 357 Å². The van der Waals surface area contributed by atoms with Gasteiger partial charge in [0, 0.05) is 56.5 Å². The minimum atomic E-state index is 0.541. The van der Waals surface area contributed by atoms with E-state index in [-0.39, 0.29) is 0 Å². The molecule has 8 heteroatoms. The molecule has 0 spiro atoms. The summed E-state index contributed by atoms with van der Waals surface area (Å²) in [5, 5.41) is 2.11. The lowest BCUT2D eigenvalue weighted by Gasteiger charge is -2.10. The molecule has 11 rings (SSSR count). The molecule has 0 fully saturated rings. The fourth-order valence-electron chi connectivity index (χ4n) is 8.12. The maximum Gasteiger partial charge on any atom is 0.164 e. The van der Waals surface area contributed by atoms with E-state index in [1.54, 1.807) is 0 Å². The average molecular weight is 800 g/mol. The number of hydrogen-bond donors (Lipinski definition) is 0. The minimum absolute atomic E-state index is 0.541. The molecule has 0 radical (unpaired) electrons. The van der Waals surface area contributed by atoms with Crippen molar-refractivity contribution in [3.05, 3.63) is 207 Å². The Morgan fingerprint density at radius 1 is 0.484 bits per heavy atom. The molecule has 6 heterocycles. The summed E-state index contributed by atoms with van der Waals surface area (Å²) < 4.78 is 10.5. The first-order valence-electron chi connectivity index (χ1n) is 20.5. The Kier molecular flexibility index (Phi) is 9.01. The van der Waals surface area contributed by atoms with Crippen molar-refractivity contribution in [2.24, 2.45) is 0 Å². The van der Waals surface area contributed by atoms with Crippen LogP contribution in [0.1, 0.15) is 12.6 Å². The summed E-state index contributed by atoms with van der Waals surface area (Å²) in [7, 11) is 0. The molecule has 0 aliphatic rings. The van der Waals surface area contributed by atoms with Crippen LogP contribution in [0.4, 0.5) is 0 Å². The van der Waals surface area contributed by atoms with Crippen LogP contribution >= 0.6 is 0 Å². The Bertz CT molecular complexity index is 3540. The van der Waals surface area contributed by atoms with Crippen molar-refractivity contribution in [1.82, 2.24) is 33.7 Å². The molecule has 11 aromatic rings. The van der Waals surface area contributed by atoms with Crippen LogP contribution in [0, 0.1) is 0 Å². The first kappa shape index (κ1) is 36.6. The number of para-hydroxylation sites is 1. The number of benzene rings is 5. The molecular weight excluding hydrogens is 763 g/mol. The summed E-state index contributed by atoms with van der Waals surface area (Å²) in [5.74, 6) is 1.64. The average Bonchev–Trinajstić information content (AvgIpc) is 4.03. The van der Waals surface area contributed by atoms with E-state index in [0.717, 1.165) is 95.0 Å². The van der Waals surface area contributed by atoms with Gasteiger partial charge in [0.05, 0.1) is 22.8 Å². The maximum atomic E-state index is 6.29. The first-order valence-corrected chi connectivity index (χ1v) is 20.5. The van der Waals surface area contributed by atoms with Crippen molar-refractivity contribution in [2.75, 3.05) is 0 Å². The van der Waals surface area contributed by atoms with Crippen molar-refractivity contribution >= 4 is 38.8 Å². The molecule has 0 atom stereocenters. The van der Waals surface area contributed by atoms with Gasteiger partial charge in [-0.1, -0.05) is 146 Å². The number of imidazole rings is 2. The molecule has 0 saturated carbocycles. The monoisotopic (exact) mass is 799 g/mol. The van der Waals surface area contributed by atoms with Gasteiger partial charge < -0.3 is 4.42 Å². The van der Waals surface area contributed by atoms with E-state index in [0.29, 0.717) is 17.5 Å². The Morgan fingerprint density at radius 2 is 1.03 bits per heavy atom. The van der Waals surface area contributed by atoms with Crippen LogP contribution in [0.15, 0.2) is 205 Å². The fraction of sp³-hybridized carbons (Fsp3) is 0.0185. The van der Waals surface area contributed by atoms with E-state index in [2.05, 4.69) is 100 Å². The molecule has 5 aromatic carbocycles. The second kappa shape index (κ2) is 15.3. The van der Waals surface area contributed by atoms with Gasteiger partial charge in [-0.05, 0) is 55.0 Å². The molecular formula is C54H37N7O. The van der Waals surface area contributed by atoms with Crippen molar-refractivity contribution < 1.29 is 4.42 Å². The van der Waals surface area contributed by atoms with Gasteiger partial charge in [0.1, 0.15) is 22.5 Å². The third kappa shape index (κ3) is 6.47. The highest BCUT2D eigenvalue weighted by Crippen LogP contribution is 2.36. The second-order valence-electron chi connectivity index (χ2n) is 15.0. The van der Waals surface area contributed by atoms with Gasteiger partial charge in [0.2, 0.25) is 0 Å². The van der Waals surface area contributed by atoms with E-state index >= 15 is 0 Å². The normalized spacial score (nSPS) is 11.9. The van der Waals surface area contributed by atoms with Crippen molar-refractivity contribution in [1.29, 1.82) is 0 Å². The summed E-state index contributed by atoms with van der Waals surface area (Å²) in [6.07, 6.45) is 12.1. The molecule has 62 heavy (non-hydrogen) atoms. The zero-order valence-electron chi connectivity index (χ0n) is 33.7. The van der Waals surface area contributed by atoms with Gasteiger partial charge in [0.15, 0.2) is 17.5 Å². The number of nitrogens with zero attached hydrogens (tertiary/aromatic N) is 7. The summed E-state index contributed by atoms with van der Waals surface area (Å²) in [6.45, 7) is 6.40. The van der Waals surface area contributed by atoms with Crippen LogP contribution in [-0.2, 0) is 0 Å². The van der Waals surface area contributed by atoms with Crippen molar-refractivity contribution in [3.8, 4) is 67.9 Å². The Balaban J connectivity index is 1.02. The highest BCUT2D eigenvalue weighted by atomic mass is 16.3. The highest BCUT2D eigenvalue weighted by Gasteiger charge is 2.20. The Hall–Kier alpha value is -8.49. The zero-order valence-corrected chi connectivity index (χ0v) is 33.7. The van der Waals surface area contributed by atoms with Crippen LogP contribution < -0.4 is 0 Å². The molecule has 0 amide bonds. The lowest BCUT2D eigenvalue weighted by atomic mass is 10.0. The van der Waals surface area contributed by atoms with E-state index in [4.69, 9.17) is 29.3 Å². The molecule has 0 saturated heterocycles. The lowest BCUT2D eigenvalue weighted by Crippen LogP contribution is -2.00. The van der Waals surface area contributed by atoms with Crippen molar-refractivity contribution in [2.45, 2.75) is 6.92 Å². The Morgan fingerprint density at radius 3 is 1.74 bits per heavy atom. The molecule has 0 aliphatic heterocycles. The summed E-state index contributed by atoms with van der Waals surface area (Å²) in [5.41, 5.74) is 13.5. The van der Waals surface area contributed by atoms with Crippen molar-refractivity contribution in [3.63, 3.8) is 0 Å². The van der Waals surface area contributed by atoms with E-state index < -0.39 is 0 Å². The van der Waals surface area contributed by atoms with Gasteiger partial charge in [-0.15, -0.1) is 0 Å². The molecule has 0 aliphatic carbocycles. The van der Waals surface area contributed by atoms with Gasteiger partial charge in [-0.3, -0.25) is 8.80 Å². The predicted molar refractivity (Wildman–Crippen MR) is 250 cm³/mol. The molecule has 8 nitrogen and oxygen atoms in total. The summed E-state index contributed by atoms with van der Waals surface area (Å²) in [4.78, 5) is 25.4. The molecule has 0 N–H and O–H groups in total. The number of furan rings is 1. The van der Waals surface area contributed by atoms with Crippen LogP contribution in [0.25, 0.3) is 107 Å². The molecule has 0 unspecified atom stereocenters. The van der Waals surface area contributed by atoms with Crippen LogP contribution in [0.3, 0.4) is 0 Å². The second-order valence-corrected chi connectivity index (χ2v) is 15.0. The number of pyridine rings is 2. The van der Waals surface area contributed by atoms with E-state index in [1.165, 1.54) is 0 Å². The largest absolute Gasteiger partial charge is 0.456 e. The van der Waals surface area contributed by atoms with Gasteiger partial charge in [-0.25, -0.2) is 24.9 Å². The lowest BCUT2D eigenvalue weighted by molar-refractivity contribution is 0.669. The smallest absolute Gasteiger partial charge is 0.164 e. The number of allylic oxidation sites excluding steroid dienone is 5. The minimum Gasteiger partial charge on any atom is -0.456 e. The van der Waals surface area contributed by atoms with Gasteiger partial charge in [0.25, 0.3) is 0 Å². The van der Waals surface area contributed by atoms with Crippen LogP contribution in [0.5, 0.6) is 0 Å². The topological polar surface area (TPSA) is 86.4 Å².